The quantitative estimate of drug-likeness (QED) is 0.807. The largest absolute Gasteiger partial charge is 0.330 e. The van der Waals surface area contributed by atoms with Crippen LogP contribution in [0.4, 0.5) is 4.39 Å². The van der Waals surface area contributed by atoms with E-state index in [1.165, 1.54) is 18.2 Å². The van der Waals surface area contributed by atoms with Crippen LogP contribution < -0.4 is 5.73 Å². The van der Waals surface area contributed by atoms with Gasteiger partial charge in [-0.1, -0.05) is 18.5 Å². The Balaban J connectivity index is 2.95. The fourth-order valence-corrected chi connectivity index (χ4v) is 1.50. The number of Topliss-reactive ketones (excluding diaryl/α,β-unsaturated/α-hetero) is 1. The van der Waals surface area contributed by atoms with Gasteiger partial charge in [0.1, 0.15) is 5.82 Å². The summed E-state index contributed by atoms with van der Waals surface area (Å²) >= 11 is 5.70. The average molecular weight is 230 g/mol. The highest BCUT2D eigenvalue weighted by Gasteiger charge is 2.18. The summed E-state index contributed by atoms with van der Waals surface area (Å²) in [7, 11) is 0. The van der Waals surface area contributed by atoms with E-state index >= 15 is 0 Å². The monoisotopic (exact) mass is 229 g/mol. The van der Waals surface area contributed by atoms with Crippen LogP contribution in [-0.4, -0.2) is 12.3 Å². The third-order valence-corrected chi connectivity index (χ3v) is 2.48. The number of nitrogens with two attached hydrogens (primary N) is 1. The van der Waals surface area contributed by atoms with Crippen LogP contribution in [0.1, 0.15) is 23.7 Å². The molecule has 2 N–H and O–H groups in total. The van der Waals surface area contributed by atoms with Gasteiger partial charge in [-0.05, 0) is 31.2 Å². The van der Waals surface area contributed by atoms with Gasteiger partial charge >= 0.3 is 0 Å². The first-order chi connectivity index (χ1) is 7.06. The SMILES string of the molecule is CC(CCN)C(=O)c1cc(Cl)ccc1F. The van der Waals surface area contributed by atoms with E-state index < -0.39 is 5.82 Å². The number of hydrogen-bond donors (Lipinski definition) is 1. The van der Waals surface area contributed by atoms with Gasteiger partial charge in [-0.15, -0.1) is 0 Å². The van der Waals surface area contributed by atoms with E-state index in [0.29, 0.717) is 18.0 Å². The normalized spacial score (nSPS) is 12.5. The summed E-state index contributed by atoms with van der Waals surface area (Å²) in [6.45, 7) is 2.14. The Morgan fingerprint density at radius 2 is 2.27 bits per heavy atom. The number of halogens is 2. The van der Waals surface area contributed by atoms with E-state index in [1.807, 2.05) is 0 Å². The van der Waals surface area contributed by atoms with E-state index in [1.54, 1.807) is 6.92 Å². The van der Waals surface area contributed by atoms with Crippen LogP contribution in [0.15, 0.2) is 18.2 Å². The highest BCUT2D eigenvalue weighted by atomic mass is 35.5. The van der Waals surface area contributed by atoms with Crippen molar-refractivity contribution in [3.05, 3.63) is 34.6 Å². The zero-order valence-electron chi connectivity index (χ0n) is 8.47. The van der Waals surface area contributed by atoms with Crippen LogP contribution in [0.3, 0.4) is 0 Å². The van der Waals surface area contributed by atoms with Gasteiger partial charge in [-0.3, -0.25) is 4.79 Å². The van der Waals surface area contributed by atoms with Crippen molar-refractivity contribution in [3.63, 3.8) is 0 Å². The van der Waals surface area contributed by atoms with Crippen LogP contribution >= 0.6 is 11.6 Å². The molecule has 82 valence electrons. The van der Waals surface area contributed by atoms with Gasteiger partial charge in [0.15, 0.2) is 5.78 Å². The first-order valence-electron chi connectivity index (χ1n) is 4.75. The topological polar surface area (TPSA) is 43.1 Å². The highest BCUT2D eigenvalue weighted by Crippen LogP contribution is 2.19. The second-order valence-corrected chi connectivity index (χ2v) is 3.90. The molecule has 0 heterocycles. The smallest absolute Gasteiger partial charge is 0.168 e. The lowest BCUT2D eigenvalue weighted by Gasteiger charge is -2.09. The van der Waals surface area contributed by atoms with Crippen LogP contribution in [0.2, 0.25) is 5.02 Å². The lowest BCUT2D eigenvalue weighted by atomic mass is 9.96. The average Bonchev–Trinajstić information content (AvgIpc) is 2.21. The van der Waals surface area contributed by atoms with Crippen LogP contribution in [0.25, 0.3) is 0 Å². The van der Waals surface area contributed by atoms with Crippen LogP contribution in [0.5, 0.6) is 0 Å². The molecule has 0 saturated carbocycles. The number of carbonyl (C=O) groups excluding carboxylic acids is 1. The molecule has 1 unspecified atom stereocenters. The summed E-state index contributed by atoms with van der Waals surface area (Å²) in [5.74, 6) is -1.06. The molecule has 0 aliphatic carbocycles. The van der Waals surface area contributed by atoms with Crippen molar-refractivity contribution < 1.29 is 9.18 Å². The molecule has 0 aliphatic rings. The fraction of sp³-hybridized carbons (Fsp3) is 0.364. The molecule has 4 heteroatoms. The summed E-state index contributed by atoms with van der Waals surface area (Å²) in [4.78, 5) is 11.8. The van der Waals surface area contributed by atoms with Gasteiger partial charge in [0.05, 0.1) is 5.56 Å². The maximum atomic E-state index is 13.3. The van der Waals surface area contributed by atoms with Crippen LogP contribution in [-0.2, 0) is 0 Å². The number of hydrogen-bond acceptors (Lipinski definition) is 2. The maximum absolute atomic E-state index is 13.3. The van der Waals surface area contributed by atoms with Crippen molar-refractivity contribution in [2.24, 2.45) is 11.7 Å². The summed E-state index contributed by atoms with van der Waals surface area (Å²) < 4.78 is 13.3. The Labute approximate surface area is 93.2 Å². The van der Waals surface area contributed by atoms with Gasteiger partial charge in [-0.2, -0.15) is 0 Å². The molecule has 1 aromatic rings. The molecule has 15 heavy (non-hydrogen) atoms. The van der Waals surface area contributed by atoms with Crippen molar-refractivity contribution in [3.8, 4) is 0 Å². The zero-order chi connectivity index (χ0) is 11.4. The number of carbonyl (C=O) groups is 1. The molecule has 0 fully saturated rings. The first kappa shape index (κ1) is 12.1. The predicted molar refractivity (Wildman–Crippen MR) is 58.6 cm³/mol. The molecule has 0 bridgehead atoms. The third kappa shape index (κ3) is 3.01. The lowest BCUT2D eigenvalue weighted by Crippen LogP contribution is -2.16. The highest BCUT2D eigenvalue weighted by molar-refractivity contribution is 6.31. The van der Waals surface area contributed by atoms with E-state index in [4.69, 9.17) is 17.3 Å². The minimum atomic E-state index is -0.534. The molecule has 0 aromatic heterocycles. The number of benzene rings is 1. The van der Waals surface area contributed by atoms with Gasteiger partial charge in [0.2, 0.25) is 0 Å². The van der Waals surface area contributed by atoms with Gasteiger partial charge in [-0.25, -0.2) is 4.39 Å². The molecule has 0 radical (unpaired) electrons. The second-order valence-electron chi connectivity index (χ2n) is 3.47. The molecule has 0 saturated heterocycles. The van der Waals surface area contributed by atoms with Gasteiger partial charge in [0.25, 0.3) is 0 Å². The molecule has 1 rings (SSSR count). The minimum Gasteiger partial charge on any atom is -0.330 e. The van der Waals surface area contributed by atoms with Crippen molar-refractivity contribution in [2.75, 3.05) is 6.54 Å². The Morgan fingerprint density at radius 1 is 1.60 bits per heavy atom. The van der Waals surface area contributed by atoms with Gasteiger partial charge in [0, 0.05) is 10.9 Å². The Hall–Kier alpha value is -0.930. The lowest BCUT2D eigenvalue weighted by molar-refractivity contribution is 0.0921. The fourth-order valence-electron chi connectivity index (χ4n) is 1.33. The van der Waals surface area contributed by atoms with E-state index in [9.17, 15) is 9.18 Å². The Kier molecular flexibility index (Phi) is 4.24. The van der Waals surface area contributed by atoms with Gasteiger partial charge < -0.3 is 5.73 Å². The first-order valence-corrected chi connectivity index (χ1v) is 5.13. The molecule has 0 spiro atoms. The van der Waals surface area contributed by atoms with Crippen LogP contribution in [0, 0.1) is 11.7 Å². The Bertz CT molecular complexity index is 368. The van der Waals surface area contributed by atoms with Crippen molar-refractivity contribution in [2.45, 2.75) is 13.3 Å². The molecular formula is C11H13ClFNO. The second kappa shape index (κ2) is 5.24. The van der Waals surface area contributed by atoms with Crippen molar-refractivity contribution in [1.82, 2.24) is 0 Å². The summed E-state index contributed by atoms with van der Waals surface area (Å²) in [5, 5.41) is 0.361. The summed E-state index contributed by atoms with van der Waals surface area (Å²) in [5.41, 5.74) is 5.39. The Morgan fingerprint density at radius 3 is 2.87 bits per heavy atom. The molecule has 2 nitrogen and oxygen atoms in total. The standard InChI is InChI=1S/C11H13ClFNO/c1-7(4-5-14)11(15)9-6-8(12)2-3-10(9)13/h2-3,6-7H,4-5,14H2,1H3. The third-order valence-electron chi connectivity index (χ3n) is 2.24. The molecular weight excluding hydrogens is 217 g/mol. The van der Waals surface area contributed by atoms with Crippen molar-refractivity contribution >= 4 is 17.4 Å². The van der Waals surface area contributed by atoms with E-state index in [0.717, 1.165) is 0 Å². The molecule has 1 atom stereocenters. The molecule has 1 aromatic carbocycles. The number of ketones is 1. The predicted octanol–water partition coefficient (Wildman–Crippen LogP) is 2.65. The molecule has 0 aliphatic heterocycles. The summed E-state index contributed by atoms with van der Waals surface area (Å²) in [6.07, 6.45) is 0.546. The van der Waals surface area contributed by atoms with Crippen molar-refractivity contribution in [1.29, 1.82) is 0 Å². The maximum Gasteiger partial charge on any atom is 0.168 e. The number of rotatable bonds is 4. The zero-order valence-corrected chi connectivity index (χ0v) is 9.22. The summed E-state index contributed by atoms with van der Waals surface area (Å²) in [6, 6.07) is 3.97. The molecule has 0 amide bonds. The minimum absolute atomic E-state index is 0.0449. The van der Waals surface area contributed by atoms with E-state index in [2.05, 4.69) is 0 Å². The van der Waals surface area contributed by atoms with E-state index in [-0.39, 0.29) is 17.3 Å².